The number of methoxy groups -OCH3 is 2. The molecule has 3 saturated heterocycles. The molecular weight excluding hydrogens is 960 g/mol. The van der Waals surface area contributed by atoms with Gasteiger partial charge in [0.1, 0.15) is 59.7 Å². The smallest absolute Gasteiger partial charge is 0.408 e. The molecule has 3 aromatic heterocycles. The van der Waals surface area contributed by atoms with Crippen molar-refractivity contribution in [3.8, 4) is 11.5 Å². The van der Waals surface area contributed by atoms with E-state index in [1.54, 1.807) is 36.7 Å². The third kappa shape index (κ3) is 10.5. The summed E-state index contributed by atoms with van der Waals surface area (Å²) >= 11 is 0. The number of imidazole rings is 1. The largest absolute Gasteiger partial charge is 0.497 e. The predicted molar refractivity (Wildman–Crippen MR) is 267 cm³/mol. The maximum Gasteiger partial charge on any atom is 0.408 e. The maximum atomic E-state index is 15.9. The lowest BCUT2D eigenvalue weighted by molar-refractivity contribution is -0.0958. The Balaban J connectivity index is 0.994. The summed E-state index contributed by atoms with van der Waals surface area (Å²) in [5, 5.41) is 0. The van der Waals surface area contributed by atoms with Crippen molar-refractivity contribution in [2.45, 2.75) is 68.8 Å². The normalized spacial score (nSPS) is 22.3. The number of aromatic amines is 1. The Morgan fingerprint density at radius 2 is 1.36 bits per heavy atom. The zero-order valence-electron chi connectivity index (χ0n) is 40.6. The molecule has 0 bridgehead atoms. The minimum atomic E-state index is -4.31. The zero-order valence-corrected chi connectivity index (χ0v) is 41.5. The highest BCUT2D eigenvalue weighted by Crippen LogP contribution is 2.56. The van der Waals surface area contributed by atoms with Crippen LogP contribution in [0.3, 0.4) is 0 Å². The van der Waals surface area contributed by atoms with Crippen molar-refractivity contribution in [2.24, 2.45) is 0 Å². The molecule has 20 nitrogen and oxygen atoms in total. The lowest BCUT2D eigenvalue weighted by Crippen LogP contribution is -2.40. The highest BCUT2D eigenvalue weighted by molar-refractivity contribution is 7.51. The number of hydrogen-bond acceptors (Lipinski definition) is 16. The number of H-pyrrole nitrogens is 1. The average Bonchev–Trinajstić information content (AvgIpc) is 4.17. The van der Waals surface area contributed by atoms with Gasteiger partial charge in [0.05, 0.1) is 59.7 Å². The number of anilines is 1. The van der Waals surface area contributed by atoms with Crippen LogP contribution >= 0.6 is 7.75 Å². The molecule has 3 fully saturated rings. The summed E-state index contributed by atoms with van der Waals surface area (Å²) in [7, 11) is -1.10. The SMILES string of the molecule is COc1ccc(C(OC[C@H]2O[C@@H](n3cc(C)c(=O)[nH]c3=O)C[C@@H]2OP(=O)(OC[C@H]2O[C@@H](n3cnc4c(N)ncnc43)C[C@@H]2OCc2ccccc2)N2CCOCC2)(c2ccccc2)c2ccc(OC)cc2)cc1. The number of fused-ring (bicyclic) bond motifs is 1. The van der Waals surface area contributed by atoms with Gasteiger partial charge in [0.25, 0.3) is 5.56 Å². The number of nitrogens with two attached hydrogens (primary N) is 1. The van der Waals surface area contributed by atoms with Gasteiger partial charge in [-0.1, -0.05) is 84.9 Å². The molecule has 382 valence electrons. The highest BCUT2D eigenvalue weighted by Gasteiger charge is 2.49. The number of nitrogen functional groups attached to an aromatic ring is 1. The lowest BCUT2D eigenvalue weighted by Gasteiger charge is -2.38. The van der Waals surface area contributed by atoms with Crippen LogP contribution in [0.5, 0.6) is 11.5 Å². The van der Waals surface area contributed by atoms with E-state index in [1.165, 1.54) is 17.1 Å². The van der Waals surface area contributed by atoms with Gasteiger partial charge >= 0.3 is 13.4 Å². The first-order chi connectivity index (χ1) is 35.5. The highest BCUT2D eigenvalue weighted by atomic mass is 31.2. The molecule has 7 aromatic rings. The molecular formula is C52H57N8O12P. The standard InChI is InChI=1S/C52H57N8O12P/c1-34-28-59(51(62)57-50(34)61)45-27-42(43(70-45)30-68-52(36-12-8-5-9-13-36,37-14-18-39(64-2)19-15-37)38-16-20-40(65-3)21-17-38)72-73(63,58-22-24-66-25-23-58)69-31-44-41(67-29-35-10-6-4-7-11-35)26-46(71-44)60-33-56-47-48(53)54-32-55-49(47)60/h4-21,28,32-33,41-46H,22-27,29-31H2,1-3H3,(H2,53,54,55)(H,57,61,62)/t41-,42-,43+,44+,45+,46+,73?/m0/s1. The van der Waals surface area contributed by atoms with Crippen LogP contribution in [0.25, 0.3) is 11.2 Å². The van der Waals surface area contributed by atoms with Crippen LogP contribution in [-0.4, -0.2) is 112 Å². The lowest BCUT2D eigenvalue weighted by atomic mass is 9.80. The Morgan fingerprint density at radius 3 is 2.01 bits per heavy atom. The van der Waals surface area contributed by atoms with Gasteiger partial charge < -0.3 is 38.9 Å². The molecule has 0 amide bonds. The van der Waals surface area contributed by atoms with Crippen LogP contribution in [0.2, 0.25) is 0 Å². The minimum absolute atomic E-state index is 0.0179. The fourth-order valence-electron chi connectivity index (χ4n) is 9.58. The first-order valence-electron chi connectivity index (χ1n) is 24.0. The molecule has 1 unspecified atom stereocenters. The summed E-state index contributed by atoms with van der Waals surface area (Å²) in [6.45, 7) is 2.51. The molecule has 10 rings (SSSR count). The second-order valence-corrected chi connectivity index (χ2v) is 19.9. The molecule has 3 aliphatic rings. The van der Waals surface area contributed by atoms with Crippen LogP contribution in [0, 0.1) is 6.92 Å². The third-order valence-electron chi connectivity index (χ3n) is 13.5. The maximum absolute atomic E-state index is 15.9. The molecule has 0 radical (unpaired) electrons. The van der Waals surface area contributed by atoms with Crippen molar-refractivity contribution in [1.29, 1.82) is 0 Å². The van der Waals surface area contributed by atoms with E-state index in [9.17, 15) is 9.59 Å². The zero-order chi connectivity index (χ0) is 50.5. The number of ether oxygens (including phenoxy) is 7. The van der Waals surface area contributed by atoms with Gasteiger partial charge in [-0.2, -0.15) is 0 Å². The van der Waals surface area contributed by atoms with Crippen molar-refractivity contribution < 1.29 is 46.8 Å². The average molecular weight is 1020 g/mol. The molecule has 73 heavy (non-hydrogen) atoms. The second kappa shape index (κ2) is 21.9. The Bertz CT molecular complexity index is 3090. The van der Waals surface area contributed by atoms with E-state index in [-0.39, 0.29) is 58.4 Å². The van der Waals surface area contributed by atoms with Crippen molar-refractivity contribution in [1.82, 2.24) is 33.7 Å². The summed E-state index contributed by atoms with van der Waals surface area (Å²) in [4.78, 5) is 41.5. The molecule has 0 spiro atoms. The number of rotatable bonds is 19. The Kier molecular flexibility index (Phi) is 15.0. The topological polar surface area (TPSA) is 228 Å². The van der Waals surface area contributed by atoms with Crippen LogP contribution < -0.4 is 26.5 Å². The number of nitrogens with one attached hydrogen (secondary N) is 1. The Morgan fingerprint density at radius 1 is 0.753 bits per heavy atom. The van der Waals surface area contributed by atoms with Gasteiger partial charge in [0.2, 0.25) is 0 Å². The van der Waals surface area contributed by atoms with Gasteiger partial charge in [-0.05, 0) is 53.4 Å². The fraction of sp³-hybridized carbons (Fsp3) is 0.365. The number of aromatic nitrogens is 6. The van der Waals surface area contributed by atoms with Crippen LogP contribution in [0.1, 0.15) is 53.1 Å². The van der Waals surface area contributed by atoms with E-state index >= 15 is 4.57 Å². The Labute approximate surface area is 420 Å². The fourth-order valence-corrected chi connectivity index (χ4v) is 11.5. The molecule has 7 atom stereocenters. The molecule has 3 N–H and O–H groups in total. The third-order valence-corrected chi connectivity index (χ3v) is 15.6. The van der Waals surface area contributed by atoms with Crippen LogP contribution in [0.15, 0.2) is 138 Å². The Hall–Kier alpha value is -6.58. The number of benzene rings is 4. The number of aryl methyl sites for hydroxylation is 1. The van der Waals surface area contributed by atoms with Crippen LogP contribution in [0.4, 0.5) is 5.82 Å². The molecule has 3 aliphatic heterocycles. The van der Waals surface area contributed by atoms with Crippen molar-refractivity contribution >= 4 is 24.7 Å². The summed E-state index contributed by atoms with van der Waals surface area (Å²) in [6.07, 6.45) is -0.0649. The van der Waals surface area contributed by atoms with E-state index < -0.39 is 61.5 Å². The first-order valence-corrected chi connectivity index (χ1v) is 25.5. The van der Waals surface area contributed by atoms with E-state index in [1.807, 2.05) is 109 Å². The summed E-state index contributed by atoms with van der Waals surface area (Å²) in [5.41, 5.74) is 8.18. The second-order valence-electron chi connectivity index (χ2n) is 17.9. The summed E-state index contributed by atoms with van der Waals surface area (Å²) < 4.78 is 78.3. The van der Waals surface area contributed by atoms with Gasteiger partial charge in [-0.3, -0.25) is 28.0 Å². The minimum Gasteiger partial charge on any atom is -0.497 e. The summed E-state index contributed by atoms with van der Waals surface area (Å²) in [6, 6.07) is 34.7. The molecule has 4 aromatic carbocycles. The first kappa shape index (κ1) is 50.0. The van der Waals surface area contributed by atoms with Gasteiger partial charge in [-0.25, -0.2) is 29.0 Å². The summed E-state index contributed by atoms with van der Waals surface area (Å²) in [5.74, 6) is 1.54. The monoisotopic (exact) mass is 1020 g/mol. The number of morpholine rings is 1. The van der Waals surface area contributed by atoms with Gasteiger partial charge in [-0.15, -0.1) is 0 Å². The van der Waals surface area contributed by atoms with Crippen molar-refractivity contribution in [3.63, 3.8) is 0 Å². The van der Waals surface area contributed by atoms with Crippen molar-refractivity contribution in [3.05, 3.63) is 177 Å². The quantitative estimate of drug-likeness (QED) is 0.0670. The van der Waals surface area contributed by atoms with Gasteiger partial charge in [0, 0.05) is 37.7 Å². The van der Waals surface area contributed by atoms with E-state index in [0.717, 1.165) is 22.3 Å². The number of nitrogens with zero attached hydrogens (tertiary/aromatic N) is 6. The van der Waals surface area contributed by atoms with Crippen molar-refractivity contribution in [2.75, 3.05) is 59.5 Å². The van der Waals surface area contributed by atoms with E-state index in [2.05, 4.69) is 19.9 Å². The van der Waals surface area contributed by atoms with E-state index in [4.69, 9.17) is 47.9 Å². The molecule has 21 heteroatoms. The predicted octanol–water partition coefficient (Wildman–Crippen LogP) is 6.30. The van der Waals surface area contributed by atoms with E-state index in [0.29, 0.717) is 34.6 Å². The van der Waals surface area contributed by atoms with Crippen LogP contribution in [-0.2, 0) is 49.5 Å². The molecule has 6 heterocycles. The molecule has 0 saturated carbocycles. The number of hydrogen-bond donors (Lipinski definition) is 2. The molecule has 0 aliphatic carbocycles. The van der Waals surface area contributed by atoms with Gasteiger partial charge in [0.15, 0.2) is 11.5 Å².